The summed E-state index contributed by atoms with van der Waals surface area (Å²) in [5, 5.41) is 64.3. The lowest BCUT2D eigenvalue weighted by molar-refractivity contribution is -0.303. The first-order chi connectivity index (χ1) is 20.3. The molecule has 1 aliphatic heterocycles. The zero-order chi connectivity index (χ0) is 31.2. The molecule has 250 valence electrons. The molecule has 0 radical (unpaired) electrons. The van der Waals surface area contributed by atoms with E-state index in [0.29, 0.717) is 6.42 Å². The number of carbonyl (C=O) groups excluding carboxylic acids is 1. The molecule has 0 saturated carbocycles. The van der Waals surface area contributed by atoms with Crippen molar-refractivity contribution in [3.63, 3.8) is 0 Å². The van der Waals surface area contributed by atoms with Crippen molar-refractivity contribution in [2.75, 3.05) is 13.2 Å². The Morgan fingerprint density at radius 3 is 1.76 bits per heavy atom. The van der Waals surface area contributed by atoms with Crippen molar-refractivity contribution in [2.45, 2.75) is 185 Å². The molecule has 10 nitrogen and oxygen atoms in total. The molecule has 1 heterocycles. The molecule has 0 bridgehead atoms. The first kappa shape index (κ1) is 39.2. The minimum Gasteiger partial charge on any atom is -0.394 e. The molecule has 1 amide bonds. The molecule has 0 aliphatic carbocycles. The van der Waals surface area contributed by atoms with Crippen molar-refractivity contribution in [3.8, 4) is 0 Å². The lowest BCUT2D eigenvalue weighted by Crippen LogP contribution is -2.60. The van der Waals surface area contributed by atoms with Crippen molar-refractivity contribution >= 4 is 5.91 Å². The van der Waals surface area contributed by atoms with Gasteiger partial charge in [0.05, 0.1) is 25.4 Å². The Morgan fingerprint density at radius 2 is 1.24 bits per heavy atom. The fourth-order valence-electron chi connectivity index (χ4n) is 5.43. The lowest BCUT2D eigenvalue weighted by atomic mass is 9.98. The van der Waals surface area contributed by atoms with Crippen LogP contribution < -0.4 is 5.32 Å². The van der Waals surface area contributed by atoms with Gasteiger partial charge in [0.15, 0.2) is 6.29 Å². The third kappa shape index (κ3) is 16.3. The van der Waals surface area contributed by atoms with Gasteiger partial charge >= 0.3 is 0 Å². The molecule has 0 aromatic carbocycles. The van der Waals surface area contributed by atoms with Gasteiger partial charge in [0, 0.05) is 6.42 Å². The van der Waals surface area contributed by atoms with Crippen LogP contribution in [-0.4, -0.2) is 98.7 Å². The summed E-state index contributed by atoms with van der Waals surface area (Å²) in [4.78, 5) is 12.7. The van der Waals surface area contributed by atoms with Gasteiger partial charge in [0.2, 0.25) is 5.91 Å². The van der Waals surface area contributed by atoms with Gasteiger partial charge < -0.3 is 45.4 Å². The van der Waals surface area contributed by atoms with Gasteiger partial charge in [0.25, 0.3) is 0 Å². The molecule has 2 unspecified atom stereocenters. The molecular formula is C32H63NO9. The first-order valence-corrected chi connectivity index (χ1v) is 16.8. The van der Waals surface area contributed by atoms with E-state index in [-0.39, 0.29) is 18.9 Å². The summed E-state index contributed by atoms with van der Waals surface area (Å²) in [5.41, 5.74) is 0. The van der Waals surface area contributed by atoms with Crippen LogP contribution in [0.2, 0.25) is 0 Å². The van der Waals surface area contributed by atoms with Gasteiger partial charge in [0.1, 0.15) is 30.5 Å². The number of hydrogen-bond donors (Lipinski definition) is 7. The monoisotopic (exact) mass is 605 g/mol. The summed E-state index contributed by atoms with van der Waals surface area (Å²) in [6.45, 7) is 3.49. The normalized spacial score (nSPS) is 24.8. The number of hydrogen-bond acceptors (Lipinski definition) is 9. The molecular weight excluding hydrogens is 542 g/mol. The standard InChI is InChI=1S/C32H63NO9/c1-3-5-7-9-11-13-14-16-18-20-25(35)28(37)24(33-27(36)21-19-17-15-12-10-8-6-4-2)23-41-32-31(40)30(39)29(38)26(22-34)42-32/h24-26,28-32,34-35,37-40H,3-23H2,1-2H3,(H,33,36)/t24-,25+,26+,28-,29-,30?,31?,32+/m0/s1. The van der Waals surface area contributed by atoms with E-state index in [0.717, 1.165) is 51.4 Å². The topological polar surface area (TPSA) is 169 Å². The number of carbonyl (C=O) groups is 1. The van der Waals surface area contributed by atoms with Gasteiger partial charge in [-0.2, -0.15) is 0 Å². The van der Waals surface area contributed by atoms with Crippen LogP contribution in [0.15, 0.2) is 0 Å². The molecule has 8 atom stereocenters. The van der Waals surface area contributed by atoms with Gasteiger partial charge in [-0.05, 0) is 12.8 Å². The number of amides is 1. The zero-order valence-electron chi connectivity index (χ0n) is 26.4. The van der Waals surface area contributed by atoms with Crippen molar-refractivity contribution in [3.05, 3.63) is 0 Å². The molecule has 42 heavy (non-hydrogen) atoms. The molecule has 1 fully saturated rings. The second-order valence-electron chi connectivity index (χ2n) is 12.1. The Labute approximate surface area is 254 Å². The quantitative estimate of drug-likeness (QED) is 0.0730. The zero-order valence-corrected chi connectivity index (χ0v) is 26.4. The van der Waals surface area contributed by atoms with Crippen LogP contribution >= 0.6 is 0 Å². The molecule has 1 aliphatic rings. The van der Waals surface area contributed by atoms with E-state index in [1.54, 1.807) is 0 Å². The average Bonchev–Trinajstić information content (AvgIpc) is 2.98. The average molecular weight is 606 g/mol. The molecule has 1 rings (SSSR count). The minimum absolute atomic E-state index is 0.266. The third-order valence-electron chi connectivity index (χ3n) is 8.30. The second-order valence-corrected chi connectivity index (χ2v) is 12.1. The molecule has 7 N–H and O–H groups in total. The van der Waals surface area contributed by atoms with Crippen molar-refractivity contribution in [2.24, 2.45) is 0 Å². The number of ether oxygens (including phenoxy) is 2. The summed E-state index contributed by atoms with van der Waals surface area (Å²) >= 11 is 0. The van der Waals surface area contributed by atoms with Crippen LogP contribution in [0.4, 0.5) is 0 Å². The predicted molar refractivity (Wildman–Crippen MR) is 163 cm³/mol. The summed E-state index contributed by atoms with van der Waals surface area (Å²) < 4.78 is 11.0. The van der Waals surface area contributed by atoms with Crippen molar-refractivity contribution in [1.29, 1.82) is 0 Å². The summed E-state index contributed by atoms with van der Waals surface area (Å²) in [6.07, 6.45) is 10.0. The van der Waals surface area contributed by atoms with Crippen LogP contribution in [0.5, 0.6) is 0 Å². The Bertz CT molecular complexity index is 653. The highest BCUT2D eigenvalue weighted by Gasteiger charge is 2.44. The summed E-state index contributed by atoms with van der Waals surface area (Å²) in [5.74, 6) is -0.266. The van der Waals surface area contributed by atoms with Crippen molar-refractivity contribution in [1.82, 2.24) is 5.32 Å². The van der Waals surface area contributed by atoms with E-state index in [2.05, 4.69) is 19.2 Å². The SMILES string of the molecule is CCCCCCCCCCC[C@@H](O)[C@@H](O)[C@H](CO[C@@H]1O[C@H](CO)[C@H](O)C(O)C1O)NC(=O)CCCCCCCCCC. The van der Waals surface area contributed by atoms with E-state index >= 15 is 0 Å². The largest absolute Gasteiger partial charge is 0.394 e. The fraction of sp³-hybridized carbons (Fsp3) is 0.969. The Kier molecular flexibility index (Phi) is 22.8. The smallest absolute Gasteiger partial charge is 0.220 e. The lowest BCUT2D eigenvalue weighted by Gasteiger charge is -2.40. The predicted octanol–water partition coefficient (Wildman–Crippen LogP) is 3.46. The van der Waals surface area contributed by atoms with E-state index < -0.39 is 55.6 Å². The van der Waals surface area contributed by atoms with E-state index in [1.807, 2.05) is 0 Å². The number of aliphatic hydroxyl groups is 6. The van der Waals surface area contributed by atoms with Crippen LogP contribution in [0.1, 0.15) is 136 Å². The maximum absolute atomic E-state index is 12.7. The summed E-state index contributed by atoms with van der Waals surface area (Å²) in [6, 6.07) is -0.979. The maximum Gasteiger partial charge on any atom is 0.220 e. The highest BCUT2D eigenvalue weighted by molar-refractivity contribution is 5.76. The Hall–Kier alpha value is -0.850. The van der Waals surface area contributed by atoms with Gasteiger partial charge in [-0.25, -0.2) is 0 Å². The molecule has 0 spiro atoms. The van der Waals surface area contributed by atoms with Gasteiger partial charge in [-0.3, -0.25) is 4.79 Å². The Balaban J connectivity index is 2.59. The van der Waals surface area contributed by atoms with Gasteiger partial charge in [-0.1, -0.05) is 117 Å². The number of rotatable bonds is 26. The second kappa shape index (κ2) is 24.5. The van der Waals surface area contributed by atoms with E-state index in [4.69, 9.17) is 9.47 Å². The minimum atomic E-state index is -1.60. The number of aliphatic hydroxyl groups excluding tert-OH is 6. The van der Waals surface area contributed by atoms with E-state index in [1.165, 1.54) is 57.8 Å². The summed E-state index contributed by atoms with van der Waals surface area (Å²) in [7, 11) is 0. The molecule has 10 heteroatoms. The van der Waals surface area contributed by atoms with Crippen molar-refractivity contribution < 1.29 is 44.9 Å². The van der Waals surface area contributed by atoms with Crippen LogP contribution in [0.3, 0.4) is 0 Å². The van der Waals surface area contributed by atoms with Gasteiger partial charge in [-0.15, -0.1) is 0 Å². The fourth-order valence-corrected chi connectivity index (χ4v) is 5.43. The number of unbranched alkanes of at least 4 members (excludes halogenated alkanes) is 15. The van der Waals surface area contributed by atoms with Crippen LogP contribution in [-0.2, 0) is 14.3 Å². The van der Waals surface area contributed by atoms with E-state index in [9.17, 15) is 35.4 Å². The highest BCUT2D eigenvalue weighted by atomic mass is 16.7. The Morgan fingerprint density at radius 1 is 0.738 bits per heavy atom. The first-order valence-electron chi connectivity index (χ1n) is 16.8. The number of nitrogens with one attached hydrogen (secondary N) is 1. The molecule has 0 aromatic rings. The highest BCUT2D eigenvalue weighted by Crippen LogP contribution is 2.23. The maximum atomic E-state index is 12.7. The van der Waals surface area contributed by atoms with Crippen LogP contribution in [0, 0.1) is 0 Å². The third-order valence-corrected chi connectivity index (χ3v) is 8.30. The molecule has 0 aromatic heterocycles. The van der Waals surface area contributed by atoms with Crippen LogP contribution in [0.25, 0.3) is 0 Å². The molecule has 1 saturated heterocycles.